The van der Waals surface area contributed by atoms with Crippen molar-refractivity contribution >= 4 is 11.9 Å². The van der Waals surface area contributed by atoms with Crippen molar-refractivity contribution in [2.75, 3.05) is 26.2 Å². The molecule has 2 aliphatic rings. The number of nitrogens with zero attached hydrogens (tertiary/aromatic N) is 5. The van der Waals surface area contributed by atoms with Crippen molar-refractivity contribution in [3.8, 4) is 0 Å². The molecule has 176 valence electrons. The number of urea groups is 1. The van der Waals surface area contributed by atoms with Gasteiger partial charge in [0.2, 0.25) is 0 Å². The van der Waals surface area contributed by atoms with Gasteiger partial charge < -0.3 is 4.90 Å². The third kappa shape index (κ3) is 5.24. The predicted molar refractivity (Wildman–Crippen MR) is 127 cm³/mol. The van der Waals surface area contributed by atoms with Crippen molar-refractivity contribution in [2.45, 2.75) is 58.0 Å². The van der Waals surface area contributed by atoms with Gasteiger partial charge in [-0.3, -0.25) is 24.6 Å². The Morgan fingerprint density at radius 2 is 1.73 bits per heavy atom. The summed E-state index contributed by atoms with van der Waals surface area (Å²) < 4.78 is 0. The number of imide groups is 1. The zero-order valence-electron chi connectivity index (χ0n) is 19.8. The van der Waals surface area contributed by atoms with Gasteiger partial charge in [-0.25, -0.2) is 4.79 Å². The summed E-state index contributed by atoms with van der Waals surface area (Å²) in [4.78, 5) is 41.2. The lowest BCUT2D eigenvalue weighted by atomic mass is 9.85. The smallest absolute Gasteiger partial charge is 0.309 e. The van der Waals surface area contributed by atoms with Crippen molar-refractivity contribution in [2.24, 2.45) is 5.92 Å². The van der Waals surface area contributed by atoms with Crippen LogP contribution in [0.3, 0.4) is 0 Å². The number of aryl methyl sites for hydroxylation is 1. The number of piperidine rings is 1. The highest BCUT2D eigenvalue weighted by atomic mass is 16.2. The van der Waals surface area contributed by atoms with Gasteiger partial charge in [0.25, 0.3) is 5.91 Å². The molecule has 0 atom stereocenters. The van der Waals surface area contributed by atoms with Crippen molar-refractivity contribution < 1.29 is 9.59 Å². The molecule has 2 aromatic heterocycles. The van der Waals surface area contributed by atoms with Crippen LogP contribution in [0.15, 0.2) is 49.1 Å². The number of amides is 3. The van der Waals surface area contributed by atoms with Gasteiger partial charge in [0.05, 0.1) is 0 Å². The van der Waals surface area contributed by atoms with Crippen LogP contribution in [0.25, 0.3) is 0 Å². The Labute approximate surface area is 196 Å². The molecular weight excluding hydrogens is 414 g/mol. The Hall–Kier alpha value is -2.80. The SMILES string of the molecule is CC(C)CCN1C(=O)N(CCCc2ccncc2)C(=O)C12CCN(Cc1cccnc1)CC2. The number of aromatic nitrogens is 2. The topological polar surface area (TPSA) is 69.6 Å². The van der Waals surface area contributed by atoms with Crippen molar-refractivity contribution in [3.63, 3.8) is 0 Å². The van der Waals surface area contributed by atoms with Crippen LogP contribution in [0.1, 0.15) is 50.7 Å². The van der Waals surface area contributed by atoms with Crippen molar-refractivity contribution in [1.29, 1.82) is 0 Å². The molecule has 4 heterocycles. The van der Waals surface area contributed by atoms with Gasteiger partial charge in [0.15, 0.2) is 0 Å². The second-order valence-electron chi connectivity index (χ2n) is 9.70. The molecule has 7 nitrogen and oxygen atoms in total. The van der Waals surface area contributed by atoms with Crippen LogP contribution in [0.5, 0.6) is 0 Å². The minimum Gasteiger partial charge on any atom is -0.309 e. The van der Waals surface area contributed by atoms with Crippen molar-refractivity contribution in [3.05, 3.63) is 60.2 Å². The standard InChI is InChI=1S/C26H35N5O2/c1-21(2)9-16-31-25(33)30(15-4-6-22-7-13-27-14-8-22)24(32)26(31)10-17-29(18-11-26)20-23-5-3-12-28-19-23/h3,5,7-8,12-14,19,21H,4,6,9-11,15-18,20H2,1-2H3. The molecule has 2 saturated heterocycles. The normalized spacial score (nSPS) is 18.6. The minimum absolute atomic E-state index is 0.00649. The summed E-state index contributed by atoms with van der Waals surface area (Å²) in [6.45, 7) is 7.88. The van der Waals surface area contributed by atoms with E-state index in [1.54, 1.807) is 18.6 Å². The molecule has 2 fully saturated rings. The largest absolute Gasteiger partial charge is 0.327 e. The molecule has 0 bridgehead atoms. The fourth-order valence-corrected chi connectivity index (χ4v) is 4.98. The molecule has 3 amide bonds. The number of hydrogen-bond acceptors (Lipinski definition) is 5. The second kappa shape index (κ2) is 10.4. The highest BCUT2D eigenvalue weighted by Crippen LogP contribution is 2.38. The van der Waals surface area contributed by atoms with Gasteiger partial charge in [-0.15, -0.1) is 0 Å². The van der Waals surface area contributed by atoms with Gasteiger partial charge in [0.1, 0.15) is 5.54 Å². The van der Waals surface area contributed by atoms with E-state index in [2.05, 4.69) is 34.8 Å². The van der Waals surface area contributed by atoms with Gasteiger partial charge in [-0.05, 0) is 67.3 Å². The monoisotopic (exact) mass is 449 g/mol. The predicted octanol–water partition coefficient (Wildman–Crippen LogP) is 3.75. The molecule has 0 unspecified atom stereocenters. The van der Waals surface area contributed by atoms with E-state index in [0.29, 0.717) is 31.8 Å². The van der Waals surface area contributed by atoms with E-state index >= 15 is 0 Å². The van der Waals surface area contributed by atoms with Crippen molar-refractivity contribution in [1.82, 2.24) is 24.7 Å². The van der Waals surface area contributed by atoms with E-state index in [-0.39, 0.29) is 11.9 Å². The maximum absolute atomic E-state index is 13.7. The lowest BCUT2D eigenvalue weighted by molar-refractivity contribution is -0.135. The zero-order chi connectivity index (χ0) is 23.3. The molecule has 2 aromatic rings. The third-order valence-corrected chi connectivity index (χ3v) is 6.96. The number of hydrogen-bond donors (Lipinski definition) is 0. The lowest BCUT2D eigenvalue weighted by Gasteiger charge is -2.42. The molecule has 0 N–H and O–H groups in total. The Bertz CT molecular complexity index is 926. The molecule has 0 aliphatic carbocycles. The molecule has 0 radical (unpaired) electrons. The molecule has 33 heavy (non-hydrogen) atoms. The fraction of sp³-hybridized carbons (Fsp3) is 0.538. The van der Waals surface area contributed by atoms with E-state index < -0.39 is 5.54 Å². The molecule has 7 heteroatoms. The fourth-order valence-electron chi connectivity index (χ4n) is 4.98. The zero-order valence-corrected chi connectivity index (χ0v) is 19.8. The van der Waals surface area contributed by atoms with E-state index in [0.717, 1.165) is 38.9 Å². The van der Waals surface area contributed by atoms with Crippen LogP contribution >= 0.6 is 0 Å². The summed E-state index contributed by atoms with van der Waals surface area (Å²) in [7, 11) is 0. The number of rotatable bonds is 9. The van der Waals surface area contributed by atoms with Gasteiger partial charge in [-0.1, -0.05) is 19.9 Å². The van der Waals surface area contributed by atoms with Crippen LogP contribution in [-0.4, -0.2) is 68.3 Å². The van der Waals surface area contributed by atoms with Crippen LogP contribution in [0, 0.1) is 5.92 Å². The highest BCUT2D eigenvalue weighted by Gasteiger charge is 2.57. The average Bonchev–Trinajstić information content (AvgIpc) is 3.01. The number of carbonyl (C=O) groups is 2. The van der Waals surface area contributed by atoms with E-state index in [1.165, 1.54) is 16.0 Å². The molecule has 2 aliphatic heterocycles. The van der Waals surface area contributed by atoms with E-state index in [4.69, 9.17) is 0 Å². The molecule has 4 rings (SSSR count). The van der Waals surface area contributed by atoms with Gasteiger partial charge in [0, 0.05) is 57.5 Å². The first kappa shape index (κ1) is 23.4. The molecule has 0 saturated carbocycles. The summed E-state index contributed by atoms with van der Waals surface area (Å²) in [5.41, 5.74) is 1.67. The summed E-state index contributed by atoms with van der Waals surface area (Å²) in [6, 6.07) is 7.92. The van der Waals surface area contributed by atoms with Crippen LogP contribution < -0.4 is 0 Å². The van der Waals surface area contributed by atoms with Crippen LogP contribution in [0.4, 0.5) is 4.79 Å². The Morgan fingerprint density at radius 3 is 2.39 bits per heavy atom. The van der Waals surface area contributed by atoms with Gasteiger partial charge >= 0.3 is 6.03 Å². The van der Waals surface area contributed by atoms with E-state index in [9.17, 15) is 9.59 Å². The first-order valence-corrected chi connectivity index (χ1v) is 12.1. The maximum atomic E-state index is 13.7. The van der Waals surface area contributed by atoms with Crippen LogP contribution in [-0.2, 0) is 17.8 Å². The lowest BCUT2D eigenvalue weighted by Crippen LogP contribution is -2.56. The first-order chi connectivity index (χ1) is 16.0. The Balaban J connectivity index is 1.43. The quantitative estimate of drug-likeness (QED) is 0.545. The number of pyridine rings is 2. The first-order valence-electron chi connectivity index (χ1n) is 12.1. The summed E-state index contributed by atoms with van der Waals surface area (Å²) in [5, 5.41) is 0. The number of likely N-dealkylation sites (tertiary alicyclic amines) is 1. The maximum Gasteiger partial charge on any atom is 0.327 e. The molecule has 0 aromatic carbocycles. The number of carbonyl (C=O) groups excluding carboxylic acids is 2. The van der Waals surface area contributed by atoms with Crippen LogP contribution in [0.2, 0.25) is 0 Å². The second-order valence-corrected chi connectivity index (χ2v) is 9.70. The van der Waals surface area contributed by atoms with Gasteiger partial charge in [-0.2, -0.15) is 0 Å². The summed E-state index contributed by atoms with van der Waals surface area (Å²) in [5.74, 6) is 0.489. The Kier molecular flexibility index (Phi) is 7.38. The summed E-state index contributed by atoms with van der Waals surface area (Å²) in [6.07, 6.45) is 11.1. The molecule has 1 spiro atoms. The third-order valence-electron chi connectivity index (χ3n) is 6.96. The minimum atomic E-state index is -0.686. The molecular formula is C26H35N5O2. The average molecular weight is 450 g/mol. The highest BCUT2D eigenvalue weighted by molar-refractivity contribution is 6.07. The summed E-state index contributed by atoms with van der Waals surface area (Å²) >= 11 is 0. The van der Waals surface area contributed by atoms with E-state index in [1.807, 2.05) is 29.3 Å². The Morgan fingerprint density at radius 1 is 0.970 bits per heavy atom.